The van der Waals surface area contributed by atoms with Crippen LogP contribution in [0.4, 0.5) is 0 Å². The molecular weight excluding hydrogens is 116 g/mol. The molecule has 9 heavy (non-hydrogen) atoms. The van der Waals surface area contributed by atoms with Crippen LogP contribution in [0.25, 0.3) is 0 Å². The minimum absolute atomic E-state index is 0.0700. The summed E-state index contributed by atoms with van der Waals surface area (Å²) in [7, 11) is 0. The van der Waals surface area contributed by atoms with Crippen LogP contribution in [-0.2, 0) is 0 Å². The fraction of sp³-hybridized carbons (Fsp3) is 1.00. The maximum atomic E-state index is 9.28. The average Bonchev–Trinajstić information content (AvgIpc) is 1.97. The molecule has 0 aromatic heterocycles. The summed E-state index contributed by atoms with van der Waals surface area (Å²) in [6.07, 6.45) is 0.668. The number of aliphatic hydroxyl groups is 2. The first-order valence-corrected chi connectivity index (χ1v) is 3.40. The lowest BCUT2D eigenvalue weighted by Gasteiger charge is -2.22. The summed E-state index contributed by atoms with van der Waals surface area (Å²) in [5.74, 6) is 0. The first kappa shape index (κ1) is 7.03. The predicted octanol–water partition coefficient (Wildman–Crippen LogP) is 0.528. The summed E-state index contributed by atoms with van der Waals surface area (Å²) in [6, 6.07) is 0. The molecular formula is C7H14O2. The van der Waals surface area contributed by atoms with E-state index in [-0.39, 0.29) is 5.41 Å². The Morgan fingerprint density at radius 2 is 1.89 bits per heavy atom. The van der Waals surface area contributed by atoms with Crippen molar-refractivity contribution < 1.29 is 10.2 Å². The minimum atomic E-state index is -0.516. The van der Waals surface area contributed by atoms with Gasteiger partial charge in [-0.1, -0.05) is 13.8 Å². The van der Waals surface area contributed by atoms with E-state index in [1.807, 2.05) is 13.8 Å². The second kappa shape index (κ2) is 1.96. The molecule has 2 nitrogen and oxygen atoms in total. The molecule has 0 spiro atoms. The Balaban J connectivity index is 2.62. The molecule has 0 heterocycles. The van der Waals surface area contributed by atoms with Crippen molar-refractivity contribution in [1.82, 2.24) is 0 Å². The van der Waals surface area contributed by atoms with Gasteiger partial charge in [-0.25, -0.2) is 0 Å². The summed E-state index contributed by atoms with van der Waals surface area (Å²) in [5.41, 5.74) is -0.0700. The lowest BCUT2D eigenvalue weighted by Crippen LogP contribution is -2.30. The highest BCUT2D eigenvalue weighted by molar-refractivity contribution is 4.90. The second-order valence-corrected chi connectivity index (χ2v) is 3.54. The van der Waals surface area contributed by atoms with Gasteiger partial charge < -0.3 is 10.2 Å². The quantitative estimate of drug-likeness (QED) is 0.502. The van der Waals surface area contributed by atoms with Gasteiger partial charge in [0.05, 0.1) is 12.2 Å². The molecule has 54 valence electrons. The normalized spacial score (nSPS) is 41.3. The van der Waals surface area contributed by atoms with Crippen molar-refractivity contribution in [3.05, 3.63) is 0 Å². The Morgan fingerprint density at radius 1 is 1.33 bits per heavy atom. The highest BCUT2D eigenvalue weighted by Crippen LogP contribution is 2.37. The molecule has 1 aliphatic carbocycles. The van der Waals surface area contributed by atoms with Crippen molar-refractivity contribution in [2.45, 2.75) is 38.9 Å². The number of rotatable bonds is 0. The van der Waals surface area contributed by atoms with Crippen molar-refractivity contribution in [1.29, 1.82) is 0 Å². The average molecular weight is 130 g/mol. The first-order chi connectivity index (χ1) is 4.04. The summed E-state index contributed by atoms with van der Waals surface area (Å²) >= 11 is 0. The lowest BCUT2D eigenvalue weighted by atomic mass is 9.89. The zero-order valence-electron chi connectivity index (χ0n) is 5.96. The van der Waals surface area contributed by atoms with Gasteiger partial charge in [-0.2, -0.15) is 0 Å². The summed E-state index contributed by atoms with van der Waals surface area (Å²) < 4.78 is 0. The van der Waals surface area contributed by atoms with Gasteiger partial charge in [0.25, 0.3) is 0 Å². The zero-order valence-corrected chi connectivity index (χ0v) is 5.96. The molecule has 0 aromatic carbocycles. The molecule has 1 aliphatic rings. The van der Waals surface area contributed by atoms with E-state index in [9.17, 15) is 5.11 Å². The molecule has 0 aliphatic heterocycles. The maximum Gasteiger partial charge on any atom is 0.0849 e. The molecule has 0 bridgehead atoms. The Morgan fingerprint density at radius 3 is 2.00 bits per heavy atom. The Labute approximate surface area is 55.5 Å². The van der Waals surface area contributed by atoms with E-state index >= 15 is 0 Å². The third-order valence-electron chi connectivity index (χ3n) is 2.25. The fourth-order valence-electron chi connectivity index (χ4n) is 1.35. The van der Waals surface area contributed by atoms with Crippen LogP contribution in [0.15, 0.2) is 0 Å². The van der Waals surface area contributed by atoms with E-state index in [0.717, 1.165) is 12.8 Å². The Bertz CT molecular complexity index is 109. The summed E-state index contributed by atoms with van der Waals surface area (Å²) in [5, 5.41) is 18.4. The standard InChI is InChI=1S/C7H14O2/c1-7(2)4-3-5(8)6(7)9/h5-6,8-9H,3-4H2,1-2H3. The molecule has 1 fully saturated rings. The molecule has 1 rings (SSSR count). The predicted molar refractivity (Wildman–Crippen MR) is 35.0 cm³/mol. The monoisotopic (exact) mass is 130 g/mol. The van der Waals surface area contributed by atoms with E-state index < -0.39 is 12.2 Å². The lowest BCUT2D eigenvalue weighted by molar-refractivity contribution is -0.00692. The van der Waals surface area contributed by atoms with Crippen molar-refractivity contribution in [3.8, 4) is 0 Å². The summed E-state index contributed by atoms with van der Waals surface area (Å²) in [4.78, 5) is 0. The third-order valence-corrected chi connectivity index (χ3v) is 2.25. The first-order valence-electron chi connectivity index (χ1n) is 3.40. The van der Waals surface area contributed by atoms with Gasteiger partial charge in [0, 0.05) is 0 Å². The molecule has 0 saturated heterocycles. The van der Waals surface area contributed by atoms with E-state index in [1.54, 1.807) is 0 Å². The van der Waals surface area contributed by atoms with Crippen molar-refractivity contribution in [3.63, 3.8) is 0 Å². The van der Waals surface area contributed by atoms with Crippen LogP contribution >= 0.6 is 0 Å². The molecule has 0 radical (unpaired) electrons. The van der Waals surface area contributed by atoms with Gasteiger partial charge in [-0.3, -0.25) is 0 Å². The molecule has 0 amide bonds. The number of hydrogen-bond donors (Lipinski definition) is 2. The summed E-state index contributed by atoms with van der Waals surface area (Å²) in [6.45, 7) is 3.96. The van der Waals surface area contributed by atoms with Crippen molar-refractivity contribution in [2.75, 3.05) is 0 Å². The Hall–Kier alpha value is -0.0800. The SMILES string of the molecule is CC1(C)CCC(O)C1O. The Kier molecular flexibility index (Phi) is 1.53. The van der Waals surface area contributed by atoms with Crippen LogP contribution in [-0.4, -0.2) is 22.4 Å². The van der Waals surface area contributed by atoms with Crippen LogP contribution in [0, 0.1) is 5.41 Å². The van der Waals surface area contributed by atoms with E-state index in [1.165, 1.54) is 0 Å². The molecule has 2 atom stereocenters. The van der Waals surface area contributed by atoms with Crippen LogP contribution in [0.2, 0.25) is 0 Å². The van der Waals surface area contributed by atoms with Crippen LogP contribution in [0.5, 0.6) is 0 Å². The number of aliphatic hydroxyl groups excluding tert-OH is 2. The van der Waals surface area contributed by atoms with Crippen LogP contribution in [0.1, 0.15) is 26.7 Å². The van der Waals surface area contributed by atoms with E-state index in [4.69, 9.17) is 5.11 Å². The molecule has 0 aromatic rings. The molecule has 1 saturated carbocycles. The molecule has 2 unspecified atom stereocenters. The topological polar surface area (TPSA) is 40.5 Å². The highest BCUT2D eigenvalue weighted by Gasteiger charge is 2.39. The third kappa shape index (κ3) is 1.10. The fourth-order valence-corrected chi connectivity index (χ4v) is 1.35. The smallest absolute Gasteiger partial charge is 0.0849 e. The van der Waals surface area contributed by atoms with Crippen molar-refractivity contribution >= 4 is 0 Å². The molecule has 2 N–H and O–H groups in total. The minimum Gasteiger partial charge on any atom is -0.390 e. The zero-order chi connectivity index (χ0) is 7.07. The second-order valence-electron chi connectivity index (χ2n) is 3.54. The van der Waals surface area contributed by atoms with Gasteiger partial charge in [-0.05, 0) is 18.3 Å². The van der Waals surface area contributed by atoms with Gasteiger partial charge in [-0.15, -0.1) is 0 Å². The maximum absolute atomic E-state index is 9.28. The van der Waals surface area contributed by atoms with Crippen LogP contribution < -0.4 is 0 Å². The van der Waals surface area contributed by atoms with Gasteiger partial charge in [0.1, 0.15) is 0 Å². The molecule has 2 heteroatoms. The van der Waals surface area contributed by atoms with E-state index in [2.05, 4.69) is 0 Å². The van der Waals surface area contributed by atoms with Crippen LogP contribution in [0.3, 0.4) is 0 Å². The van der Waals surface area contributed by atoms with Gasteiger partial charge >= 0.3 is 0 Å². The largest absolute Gasteiger partial charge is 0.390 e. The van der Waals surface area contributed by atoms with Gasteiger partial charge in [0.15, 0.2) is 0 Å². The number of hydrogen-bond acceptors (Lipinski definition) is 2. The van der Waals surface area contributed by atoms with E-state index in [0.29, 0.717) is 0 Å². The van der Waals surface area contributed by atoms with Crippen molar-refractivity contribution in [2.24, 2.45) is 5.41 Å². The highest BCUT2D eigenvalue weighted by atomic mass is 16.3. The van der Waals surface area contributed by atoms with Gasteiger partial charge in [0.2, 0.25) is 0 Å².